The quantitative estimate of drug-likeness (QED) is 0.716. The summed E-state index contributed by atoms with van der Waals surface area (Å²) in [5, 5.41) is 6.04. The minimum absolute atomic E-state index is 0.0252. The molecule has 0 radical (unpaired) electrons. The Morgan fingerprint density at radius 2 is 2.14 bits per heavy atom. The van der Waals surface area contributed by atoms with Crippen LogP contribution in [0, 0.1) is 13.8 Å². The van der Waals surface area contributed by atoms with Crippen LogP contribution >= 0.6 is 11.3 Å². The number of carbonyl (C=O) groups is 1. The average molecular weight is 397 g/mol. The van der Waals surface area contributed by atoms with Gasteiger partial charge >= 0.3 is 0 Å². The number of para-hydroxylation sites is 2. The van der Waals surface area contributed by atoms with E-state index in [2.05, 4.69) is 21.3 Å². The second-order valence-electron chi connectivity index (χ2n) is 7.01. The second kappa shape index (κ2) is 7.67. The Morgan fingerprint density at radius 1 is 1.32 bits per heavy atom. The molecule has 0 aliphatic carbocycles. The van der Waals surface area contributed by atoms with Gasteiger partial charge in [-0.1, -0.05) is 12.1 Å². The lowest BCUT2D eigenvalue weighted by molar-refractivity contribution is 0.0940. The summed E-state index contributed by atoms with van der Waals surface area (Å²) in [5.41, 5.74) is 3.72. The van der Waals surface area contributed by atoms with Crippen molar-refractivity contribution in [3.63, 3.8) is 0 Å². The predicted molar refractivity (Wildman–Crippen MR) is 112 cm³/mol. The second-order valence-corrected chi connectivity index (χ2v) is 7.88. The number of nitrogens with zero attached hydrogens (tertiary/aromatic N) is 3. The van der Waals surface area contributed by atoms with Crippen LogP contribution in [0.25, 0.3) is 5.13 Å². The van der Waals surface area contributed by atoms with E-state index < -0.39 is 0 Å². The number of amides is 1. The van der Waals surface area contributed by atoms with Gasteiger partial charge in [0.25, 0.3) is 5.91 Å². The average Bonchev–Trinajstić information content (AvgIpc) is 3.43. The molecule has 3 aromatic rings. The number of aromatic nitrogens is 2. The number of carbonyl (C=O) groups excluding carboxylic acids is 1. The first-order valence-electron chi connectivity index (χ1n) is 9.36. The number of benzene rings is 1. The van der Waals surface area contributed by atoms with Crippen LogP contribution in [0.2, 0.25) is 0 Å². The van der Waals surface area contributed by atoms with Crippen LogP contribution in [0.15, 0.2) is 41.9 Å². The van der Waals surface area contributed by atoms with Crippen molar-refractivity contribution >= 4 is 22.9 Å². The maximum absolute atomic E-state index is 12.9. The maximum Gasteiger partial charge on any atom is 0.253 e. The van der Waals surface area contributed by atoms with Crippen LogP contribution in [0.1, 0.15) is 28.2 Å². The van der Waals surface area contributed by atoms with Crippen molar-refractivity contribution < 1.29 is 9.53 Å². The van der Waals surface area contributed by atoms with E-state index in [1.165, 1.54) is 0 Å². The number of aryl methyl sites for hydroxylation is 1. The molecule has 1 saturated heterocycles. The molecule has 1 N–H and O–H groups in total. The third-order valence-electron chi connectivity index (χ3n) is 5.24. The number of anilines is 1. The minimum atomic E-state index is -0.0252. The summed E-state index contributed by atoms with van der Waals surface area (Å²) >= 11 is 1.57. The van der Waals surface area contributed by atoms with Crippen molar-refractivity contribution in [2.75, 3.05) is 25.1 Å². The van der Waals surface area contributed by atoms with E-state index in [1.54, 1.807) is 24.6 Å². The summed E-state index contributed by atoms with van der Waals surface area (Å²) in [7, 11) is 1.69. The molecule has 1 aliphatic heterocycles. The first-order chi connectivity index (χ1) is 13.6. The molecular formula is C21H24N4O2S. The zero-order chi connectivity index (χ0) is 19.7. The van der Waals surface area contributed by atoms with Crippen LogP contribution in [0.3, 0.4) is 0 Å². The lowest BCUT2D eigenvalue weighted by Crippen LogP contribution is -2.37. The topological polar surface area (TPSA) is 59.4 Å². The number of hydrogen-bond donors (Lipinski definition) is 1. The van der Waals surface area contributed by atoms with Crippen molar-refractivity contribution in [1.82, 2.24) is 14.9 Å². The molecule has 3 heterocycles. The molecule has 0 saturated carbocycles. The highest BCUT2D eigenvalue weighted by Crippen LogP contribution is 2.30. The number of nitrogens with one attached hydrogen (secondary N) is 1. The van der Waals surface area contributed by atoms with Crippen LogP contribution in [-0.2, 0) is 0 Å². The number of methoxy groups -OCH3 is 1. The molecule has 1 unspecified atom stereocenters. The Bertz CT molecular complexity index is 980. The molecule has 4 rings (SSSR count). The third kappa shape index (κ3) is 3.38. The van der Waals surface area contributed by atoms with Crippen LogP contribution < -0.4 is 15.0 Å². The minimum Gasteiger partial charge on any atom is -0.495 e. The van der Waals surface area contributed by atoms with Crippen LogP contribution in [0.5, 0.6) is 5.75 Å². The number of hydrogen-bond acceptors (Lipinski definition) is 5. The fraction of sp³-hybridized carbons (Fsp3) is 0.333. The molecule has 2 aromatic heterocycles. The molecule has 1 aliphatic rings. The molecule has 1 aromatic carbocycles. The van der Waals surface area contributed by atoms with Gasteiger partial charge in [0.1, 0.15) is 5.75 Å². The highest BCUT2D eigenvalue weighted by molar-refractivity contribution is 7.12. The van der Waals surface area contributed by atoms with E-state index in [4.69, 9.17) is 4.74 Å². The lowest BCUT2D eigenvalue weighted by atomic mass is 10.2. The smallest absolute Gasteiger partial charge is 0.253 e. The van der Waals surface area contributed by atoms with Gasteiger partial charge in [-0.15, -0.1) is 11.3 Å². The standard InChI is InChI=1S/C21H24N4O2S/c1-14-12-17(15(2)25(14)21-22-9-11-28-21)20(26)23-16-8-10-24(13-16)18-6-4-5-7-19(18)27-3/h4-7,9,11-12,16H,8,10,13H2,1-3H3,(H,23,26). The predicted octanol–water partition coefficient (Wildman–Crippen LogP) is 3.57. The molecule has 28 heavy (non-hydrogen) atoms. The first-order valence-corrected chi connectivity index (χ1v) is 10.2. The summed E-state index contributed by atoms with van der Waals surface area (Å²) in [4.78, 5) is 19.6. The summed E-state index contributed by atoms with van der Waals surface area (Å²) < 4.78 is 7.51. The van der Waals surface area contributed by atoms with Gasteiger partial charge in [0.15, 0.2) is 5.13 Å². The molecule has 7 heteroatoms. The van der Waals surface area contributed by atoms with Crippen LogP contribution in [0.4, 0.5) is 5.69 Å². The van der Waals surface area contributed by atoms with Gasteiger partial charge < -0.3 is 15.0 Å². The molecule has 0 bridgehead atoms. The molecule has 6 nitrogen and oxygen atoms in total. The number of rotatable bonds is 5. The number of thiazole rings is 1. The van der Waals surface area contributed by atoms with Gasteiger partial charge in [0.05, 0.1) is 18.4 Å². The van der Waals surface area contributed by atoms with Crippen molar-refractivity contribution in [1.29, 1.82) is 0 Å². The monoisotopic (exact) mass is 396 g/mol. The molecule has 1 amide bonds. The van der Waals surface area contributed by atoms with E-state index in [0.717, 1.165) is 47.5 Å². The van der Waals surface area contributed by atoms with Crippen molar-refractivity contribution in [2.45, 2.75) is 26.3 Å². The SMILES string of the molecule is COc1ccccc1N1CCC(NC(=O)c2cc(C)n(-c3nccs3)c2C)C1. The number of ether oxygens (including phenoxy) is 1. The van der Waals surface area contributed by atoms with Gasteiger partial charge in [0, 0.05) is 42.1 Å². The van der Waals surface area contributed by atoms with E-state index in [-0.39, 0.29) is 11.9 Å². The third-order valence-corrected chi connectivity index (χ3v) is 5.99. The fourth-order valence-corrected chi connectivity index (χ4v) is 4.62. The zero-order valence-corrected chi connectivity index (χ0v) is 17.1. The molecular weight excluding hydrogens is 372 g/mol. The summed E-state index contributed by atoms with van der Waals surface area (Å²) in [6.45, 7) is 5.64. The molecule has 146 valence electrons. The summed E-state index contributed by atoms with van der Waals surface area (Å²) in [6, 6.07) is 10.1. The van der Waals surface area contributed by atoms with Crippen molar-refractivity contribution in [2.24, 2.45) is 0 Å². The van der Waals surface area contributed by atoms with Crippen molar-refractivity contribution in [3.05, 3.63) is 58.9 Å². The maximum atomic E-state index is 12.9. The Balaban J connectivity index is 1.47. The molecule has 0 spiro atoms. The molecule has 1 fully saturated rings. The highest BCUT2D eigenvalue weighted by Gasteiger charge is 2.27. The summed E-state index contributed by atoms with van der Waals surface area (Å²) in [6.07, 6.45) is 2.69. The normalized spacial score (nSPS) is 16.4. The van der Waals surface area contributed by atoms with E-state index in [9.17, 15) is 4.79 Å². The fourth-order valence-electron chi connectivity index (χ4n) is 3.86. The van der Waals surface area contributed by atoms with E-state index in [0.29, 0.717) is 5.56 Å². The van der Waals surface area contributed by atoms with Gasteiger partial charge in [-0.25, -0.2) is 4.98 Å². The highest BCUT2D eigenvalue weighted by atomic mass is 32.1. The first kappa shape index (κ1) is 18.6. The van der Waals surface area contributed by atoms with Gasteiger partial charge in [0.2, 0.25) is 0 Å². The van der Waals surface area contributed by atoms with Crippen LogP contribution in [-0.4, -0.2) is 41.7 Å². The van der Waals surface area contributed by atoms with Gasteiger partial charge in [-0.05, 0) is 38.5 Å². The van der Waals surface area contributed by atoms with E-state index in [1.807, 2.05) is 48.1 Å². The Hall–Kier alpha value is -2.80. The van der Waals surface area contributed by atoms with Crippen molar-refractivity contribution in [3.8, 4) is 10.9 Å². The largest absolute Gasteiger partial charge is 0.495 e. The van der Waals surface area contributed by atoms with E-state index >= 15 is 0 Å². The van der Waals surface area contributed by atoms with Gasteiger partial charge in [-0.3, -0.25) is 9.36 Å². The summed E-state index contributed by atoms with van der Waals surface area (Å²) in [5.74, 6) is 0.837. The Labute approximate surface area is 168 Å². The molecule has 1 atom stereocenters. The zero-order valence-electron chi connectivity index (χ0n) is 16.3. The Morgan fingerprint density at radius 3 is 2.89 bits per heavy atom. The Kier molecular flexibility index (Phi) is 5.09. The lowest BCUT2D eigenvalue weighted by Gasteiger charge is -2.21. The van der Waals surface area contributed by atoms with Gasteiger partial charge in [-0.2, -0.15) is 0 Å².